The Labute approximate surface area is 69.7 Å². The van der Waals surface area contributed by atoms with Crippen molar-refractivity contribution >= 4 is 0 Å². The van der Waals surface area contributed by atoms with Crippen LogP contribution < -0.4 is 0 Å². The van der Waals surface area contributed by atoms with E-state index in [1.165, 1.54) is 0 Å². The van der Waals surface area contributed by atoms with Crippen molar-refractivity contribution in [3.05, 3.63) is 35.9 Å². The molecule has 0 fully saturated rings. The van der Waals surface area contributed by atoms with Crippen LogP contribution in [0.2, 0.25) is 0 Å². The van der Waals surface area contributed by atoms with E-state index in [0.717, 1.165) is 5.56 Å². The van der Waals surface area contributed by atoms with E-state index in [4.69, 9.17) is 4.89 Å². The summed E-state index contributed by atoms with van der Waals surface area (Å²) in [6.45, 7) is 1.79. The predicted molar refractivity (Wildman–Crippen MR) is 40.8 cm³/mol. The molecule has 0 amide bonds. The SMILES string of the molecule is CC1(c2ccccc2)N=NOO1. The van der Waals surface area contributed by atoms with E-state index in [2.05, 4.69) is 15.4 Å². The van der Waals surface area contributed by atoms with Crippen molar-refractivity contribution in [3.8, 4) is 0 Å². The van der Waals surface area contributed by atoms with Gasteiger partial charge in [-0.1, -0.05) is 30.3 Å². The largest absolute Gasteiger partial charge is 0.252 e. The summed E-state index contributed by atoms with van der Waals surface area (Å²) in [6.07, 6.45) is 0. The van der Waals surface area contributed by atoms with Crippen molar-refractivity contribution in [1.82, 2.24) is 0 Å². The molecule has 0 aromatic heterocycles. The molecule has 1 heterocycles. The van der Waals surface area contributed by atoms with Crippen LogP contribution in [0.5, 0.6) is 0 Å². The van der Waals surface area contributed by atoms with E-state index in [9.17, 15) is 0 Å². The zero-order valence-electron chi connectivity index (χ0n) is 6.60. The van der Waals surface area contributed by atoms with Gasteiger partial charge >= 0.3 is 0 Å². The van der Waals surface area contributed by atoms with Gasteiger partial charge in [0.1, 0.15) is 0 Å². The summed E-state index contributed by atoms with van der Waals surface area (Å²) in [7, 11) is 0. The maximum atomic E-state index is 4.89. The summed E-state index contributed by atoms with van der Waals surface area (Å²) >= 11 is 0. The number of benzene rings is 1. The van der Waals surface area contributed by atoms with Gasteiger partial charge < -0.3 is 0 Å². The highest BCUT2D eigenvalue weighted by molar-refractivity contribution is 5.20. The minimum atomic E-state index is -0.777. The molecular weight excluding hydrogens is 156 g/mol. The van der Waals surface area contributed by atoms with Crippen molar-refractivity contribution in [1.29, 1.82) is 0 Å². The standard InChI is InChI=1S/C8H8N2O2/c1-8(9-10-12-11-8)7-5-3-2-4-6-7/h2-6H,1H3. The van der Waals surface area contributed by atoms with E-state index in [-0.39, 0.29) is 0 Å². The topological polar surface area (TPSA) is 43.2 Å². The summed E-state index contributed by atoms with van der Waals surface area (Å²) in [5, 5.41) is 7.13. The summed E-state index contributed by atoms with van der Waals surface area (Å²) in [5.41, 5.74) is 0.146. The molecule has 2 rings (SSSR count). The zero-order chi connectivity index (χ0) is 8.44. The van der Waals surface area contributed by atoms with Gasteiger partial charge in [0.25, 0.3) is 5.72 Å². The van der Waals surface area contributed by atoms with Crippen LogP contribution in [-0.4, -0.2) is 0 Å². The summed E-state index contributed by atoms with van der Waals surface area (Å²) < 4.78 is 0. The van der Waals surface area contributed by atoms with Gasteiger partial charge in [-0.15, -0.1) is 10.0 Å². The normalized spacial score (nSPS) is 27.1. The van der Waals surface area contributed by atoms with Crippen molar-refractivity contribution < 1.29 is 9.88 Å². The lowest BCUT2D eigenvalue weighted by atomic mass is 10.1. The molecule has 62 valence electrons. The minimum absolute atomic E-state index is 0.777. The van der Waals surface area contributed by atoms with Crippen molar-refractivity contribution in [2.45, 2.75) is 12.6 Å². The zero-order valence-corrected chi connectivity index (χ0v) is 6.60. The third kappa shape index (κ3) is 1.06. The first kappa shape index (κ1) is 7.24. The Kier molecular flexibility index (Phi) is 1.55. The molecule has 1 aromatic carbocycles. The molecule has 0 saturated carbocycles. The van der Waals surface area contributed by atoms with Gasteiger partial charge in [0.05, 0.1) is 5.28 Å². The first-order valence-corrected chi connectivity index (χ1v) is 3.64. The molecule has 1 aliphatic heterocycles. The molecule has 0 aliphatic carbocycles. The number of nitrogens with zero attached hydrogens (tertiary/aromatic N) is 2. The number of hydrogen-bond donors (Lipinski definition) is 0. The molecule has 1 unspecified atom stereocenters. The molecule has 12 heavy (non-hydrogen) atoms. The van der Waals surface area contributed by atoms with Crippen molar-refractivity contribution in [3.63, 3.8) is 0 Å². The predicted octanol–water partition coefficient (Wildman–Crippen LogP) is 2.19. The Hall–Kier alpha value is -1.42. The molecule has 4 nitrogen and oxygen atoms in total. The molecule has 0 spiro atoms. The first-order valence-electron chi connectivity index (χ1n) is 3.64. The fourth-order valence-electron chi connectivity index (χ4n) is 1.05. The van der Waals surface area contributed by atoms with Gasteiger partial charge in [-0.25, -0.2) is 0 Å². The van der Waals surface area contributed by atoms with Crippen molar-refractivity contribution in [2.24, 2.45) is 10.4 Å². The van der Waals surface area contributed by atoms with Crippen LogP contribution in [0.25, 0.3) is 0 Å². The smallest absolute Gasteiger partial charge is 0.197 e. The van der Waals surface area contributed by atoms with Crippen LogP contribution in [0.1, 0.15) is 12.5 Å². The van der Waals surface area contributed by atoms with Gasteiger partial charge in [-0.3, -0.25) is 0 Å². The molecule has 1 aliphatic rings. The van der Waals surface area contributed by atoms with Gasteiger partial charge in [0, 0.05) is 5.56 Å². The summed E-state index contributed by atoms with van der Waals surface area (Å²) in [6, 6.07) is 9.58. The average molecular weight is 164 g/mol. The molecule has 1 atom stereocenters. The van der Waals surface area contributed by atoms with Crippen LogP contribution in [0.3, 0.4) is 0 Å². The summed E-state index contributed by atoms with van der Waals surface area (Å²) in [5.74, 6) is 0. The maximum Gasteiger partial charge on any atom is 0.252 e. The second-order valence-corrected chi connectivity index (χ2v) is 2.69. The molecule has 0 radical (unpaired) electrons. The molecule has 0 N–H and O–H groups in total. The Morgan fingerprint density at radius 2 is 2.00 bits per heavy atom. The van der Waals surface area contributed by atoms with Gasteiger partial charge in [0.2, 0.25) is 0 Å². The third-order valence-electron chi connectivity index (χ3n) is 1.77. The highest BCUT2D eigenvalue weighted by Crippen LogP contribution is 2.31. The lowest BCUT2D eigenvalue weighted by Crippen LogP contribution is -2.18. The fraction of sp³-hybridized carbons (Fsp3) is 0.250. The van der Waals surface area contributed by atoms with Gasteiger partial charge in [-0.05, 0) is 6.92 Å². The molecular formula is C8H8N2O2. The molecule has 4 heteroatoms. The Bertz CT molecular complexity index is 299. The molecule has 1 aromatic rings. The second-order valence-electron chi connectivity index (χ2n) is 2.69. The van der Waals surface area contributed by atoms with Crippen LogP contribution in [-0.2, 0) is 15.6 Å². The van der Waals surface area contributed by atoms with Crippen LogP contribution in [0.4, 0.5) is 0 Å². The second kappa shape index (κ2) is 2.57. The summed E-state index contributed by atoms with van der Waals surface area (Å²) in [4.78, 5) is 9.27. The van der Waals surface area contributed by atoms with E-state index < -0.39 is 5.72 Å². The Morgan fingerprint density at radius 3 is 2.58 bits per heavy atom. The van der Waals surface area contributed by atoms with Crippen LogP contribution in [0, 0.1) is 0 Å². The monoisotopic (exact) mass is 164 g/mol. The third-order valence-corrected chi connectivity index (χ3v) is 1.77. The quantitative estimate of drug-likeness (QED) is 0.597. The van der Waals surface area contributed by atoms with Gasteiger partial charge in [-0.2, -0.15) is 4.99 Å². The number of hydrogen-bond acceptors (Lipinski definition) is 4. The first-order chi connectivity index (χ1) is 5.81. The van der Waals surface area contributed by atoms with E-state index in [1.54, 1.807) is 6.92 Å². The van der Waals surface area contributed by atoms with E-state index >= 15 is 0 Å². The Balaban J connectivity index is 2.36. The molecule has 0 bridgehead atoms. The van der Waals surface area contributed by atoms with E-state index in [0.29, 0.717) is 0 Å². The highest BCUT2D eigenvalue weighted by Gasteiger charge is 2.33. The number of rotatable bonds is 1. The fourth-order valence-corrected chi connectivity index (χ4v) is 1.05. The van der Waals surface area contributed by atoms with Crippen LogP contribution in [0.15, 0.2) is 40.7 Å². The van der Waals surface area contributed by atoms with Crippen LogP contribution >= 0.6 is 0 Å². The van der Waals surface area contributed by atoms with Gasteiger partial charge in [0.15, 0.2) is 0 Å². The molecule has 0 saturated heterocycles. The Morgan fingerprint density at radius 1 is 1.25 bits per heavy atom. The average Bonchev–Trinajstić information content (AvgIpc) is 2.55. The van der Waals surface area contributed by atoms with E-state index in [1.807, 2.05) is 30.3 Å². The minimum Gasteiger partial charge on any atom is -0.197 e. The van der Waals surface area contributed by atoms with Crippen molar-refractivity contribution in [2.75, 3.05) is 0 Å². The lowest BCUT2D eigenvalue weighted by molar-refractivity contribution is -0.327. The lowest BCUT2D eigenvalue weighted by Gasteiger charge is -2.13. The maximum absolute atomic E-state index is 4.89. The highest BCUT2D eigenvalue weighted by atomic mass is 17.3.